The first kappa shape index (κ1) is 27.0. The molecule has 0 aliphatic heterocycles. The van der Waals surface area contributed by atoms with Crippen molar-refractivity contribution in [3.05, 3.63) is 11.8 Å². The van der Waals surface area contributed by atoms with E-state index in [9.17, 15) is 4.79 Å². The zero-order chi connectivity index (χ0) is 18.8. The van der Waals surface area contributed by atoms with Crippen molar-refractivity contribution in [2.75, 3.05) is 12.3 Å². The van der Waals surface area contributed by atoms with Gasteiger partial charge in [0.25, 0.3) is 0 Å². The van der Waals surface area contributed by atoms with Crippen LogP contribution in [0.1, 0.15) is 61.5 Å². The minimum absolute atomic E-state index is 0. The van der Waals surface area contributed by atoms with Gasteiger partial charge >= 0.3 is 0 Å². The van der Waals surface area contributed by atoms with Crippen LogP contribution in [0.25, 0.3) is 0 Å². The number of carbonyl (C=O) groups is 1. The van der Waals surface area contributed by atoms with Gasteiger partial charge in [-0.3, -0.25) is 0 Å². The Morgan fingerprint density at radius 1 is 1.33 bits per heavy atom. The van der Waals surface area contributed by atoms with E-state index in [1.165, 1.54) is 0 Å². The van der Waals surface area contributed by atoms with Crippen LogP contribution in [0, 0.1) is 29.6 Å². The van der Waals surface area contributed by atoms with E-state index in [0.29, 0.717) is 11.7 Å². The van der Waals surface area contributed by atoms with Gasteiger partial charge in [-0.05, 0) is 46.6 Å². The molecule has 0 aliphatic carbocycles. The molecule has 0 bridgehead atoms. The molecule has 0 aliphatic rings. The van der Waals surface area contributed by atoms with Crippen LogP contribution >= 0.6 is 0 Å². The second-order valence-corrected chi connectivity index (χ2v) is 7.61. The number of aryl methyl sites for hydroxylation is 1. The summed E-state index contributed by atoms with van der Waals surface area (Å²) in [6.07, 6.45) is 2.40. The molecule has 6 heteroatoms. The predicted octanol–water partition coefficient (Wildman–Crippen LogP) is 3.50. The number of nitrogens with two attached hydrogens (primary N) is 2. The highest BCUT2D eigenvalue weighted by Crippen LogP contribution is 2.19. The van der Waals surface area contributed by atoms with E-state index in [0.717, 1.165) is 17.9 Å². The van der Waals surface area contributed by atoms with Crippen LogP contribution in [0.4, 0.5) is 5.82 Å². The fourth-order valence-electron chi connectivity index (χ4n) is 1.00. The maximum absolute atomic E-state index is 9.51. The first-order valence-corrected chi connectivity index (χ1v) is 7.65. The maximum atomic E-state index is 9.51. The molecule has 0 radical (unpaired) electrons. The minimum atomic E-state index is -0.440. The molecule has 0 saturated carbocycles. The number of carbonyl (C=O) groups excluding carboxylic acids is 1. The summed E-state index contributed by atoms with van der Waals surface area (Å²) in [5.41, 5.74) is 12.4. The molecule has 0 saturated heterocycles. The molecule has 1 rings (SSSR count). The van der Waals surface area contributed by atoms with E-state index >= 15 is 0 Å². The zero-order valence-corrected chi connectivity index (χ0v) is 15.8. The first-order chi connectivity index (χ1) is 10.3. The van der Waals surface area contributed by atoms with Gasteiger partial charge in [-0.25, -0.2) is 4.68 Å². The molecular weight excluding hydrogens is 302 g/mol. The molecule has 1 aromatic rings. The summed E-state index contributed by atoms with van der Waals surface area (Å²) < 4.78 is 1.84. The number of aromatic nitrogens is 2. The summed E-state index contributed by atoms with van der Waals surface area (Å²) in [4.78, 5) is 9.51. The van der Waals surface area contributed by atoms with Crippen LogP contribution < -0.4 is 11.5 Å². The summed E-state index contributed by atoms with van der Waals surface area (Å²) in [7, 11) is 0. The smallest absolute Gasteiger partial charge is 0.136 e. The number of nitriles is 1. The van der Waals surface area contributed by atoms with Gasteiger partial charge < -0.3 is 16.3 Å². The second kappa shape index (κ2) is 11.6. The van der Waals surface area contributed by atoms with E-state index in [4.69, 9.17) is 16.7 Å². The van der Waals surface area contributed by atoms with Gasteiger partial charge in [-0.1, -0.05) is 28.2 Å². The molecule has 0 amide bonds. The van der Waals surface area contributed by atoms with Crippen molar-refractivity contribution in [1.82, 2.24) is 9.78 Å². The predicted molar refractivity (Wildman–Crippen MR) is 102 cm³/mol. The highest BCUT2D eigenvalue weighted by atomic mass is 16.1. The van der Waals surface area contributed by atoms with Crippen LogP contribution in [0.15, 0.2) is 6.20 Å². The van der Waals surface area contributed by atoms with E-state index < -0.39 is 5.92 Å². The third-order valence-corrected chi connectivity index (χ3v) is 2.65. The van der Waals surface area contributed by atoms with Crippen LogP contribution in [-0.2, 0) is 10.3 Å². The second-order valence-electron chi connectivity index (χ2n) is 7.61. The monoisotopic (exact) mass is 339 g/mol. The number of nitrogens with zero attached hydrogens (tertiary/aromatic N) is 3. The molecule has 0 fully saturated rings. The summed E-state index contributed by atoms with van der Waals surface area (Å²) in [6, 6.07) is 1.75. The van der Waals surface area contributed by atoms with Crippen LogP contribution in [-0.4, -0.2) is 22.6 Å². The molecule has 1 atom stereocenters. The third kappa shape index (κ3) is 12.7. The van der Waals surface area contributed by atoms with Gasteiger partial charge in [0.2, 0.25) is 0 Å². The number of hydrogen-bond donors (Lipinski definition) is 2. The molecule has 140 valence electrons. The lowest BCUT2D eigenvalue weighted by atomic mass is 9.98. The van der Waals surface area contributed by atoms with Crippen molar-refractivity contribution in [2.24, 2.45) is 17.1 Å². The molecule has 1 heterocycles. The topological polar surface area (TPSA) is 111 Å². The van der Waals surface area contributed by atoms with E-state index in [2.05, 4.69) is 46.6 Å². The highest BCUT2D eigenvalue weighted by molar-refractivity contribution is 5.56. The van der Waals surface area contributed by atoms with Crippen molar-refractivity contribution in [1.29, 1.82) is 5.26 Å². The molecule has 1 unspecified atom stereocenters. The Morgan fingerprint density at radius 3 is 1.83 bits per heavy atom. The number of aldehydes is 1. The van der Waals surface area contributed by atoms with Gasteiger partial charge in [-0.2, -0.15) is 10.4 Å². The molecule has 1 aromatic heterocycles. The average Bonchev–Trinajstić information content (AvgIpc) is 2.78. The summed E-state index contributed by atoms with van der Waals surface area (Å²) >= 11 is 0. The van der Waals surface area contributed by atoms with Crippen molar-refractivity contribution in [2.45, 2.75) is 68.4 Å². The largest absolute Gasteiger partial charge is 0.384 e. The lowest BCUT2D eigenvalue weighted by molar-refractivity contribution is -0.109. The van der Waals surface area contributed by atoms with Gasteiger partial charge in [0.05, 0.1) is 23.7 Å². The summed E-state index contributed by atoms with van der Waals surface area (Å²) in [5.74, 6) is 0.322. The number of rotatable bonds is 1. The van der Waals surface area contributed by atoms with Crippen LogP contribution in [0.3, 0.4) is 0 Å². The lowest BCUT2D eigenvalue weighted by Crippen LogP contribution is -2.24. The van der Waals surface area contributed by atoms with Crippen LogP contribution in [0.2, 0.25) is 0 Å². The Hall–Kier alpha value is -1.87. The number of nitrogen functional groups attached to an aromatic ring is 1. The molecule has 4 N–H and O–H groups in total. The fraction of sp³-hybridized carbons (Fsp3) is 0.722. The lowest BCUT2D eigenvalue weighted by Gasteiger charge is -2.20. The summed E-state index contributed by atoms with van der Waals surface area (Å²) in [5, 5.41) is 12.0. The van der Waals surface area contributed by atoms with Gasteiger partial charge in [0.15, 0.2) is 0 Å². The Balaban J connectivity index is -0.000000294. The molecular formula is C18H37N5O. The van der Waals surface area contributed by atoms with Gasteiger partial charge in [0.1, 0.15) is 12.1 Å². The molecule has 0 aromatic carbocycles. The summed E-state index contributed by atoms with van der Waals surface area (Å²) in [6.45, 7) is 16.9. The molecule has 24 heavy (non-hydrogen) atoms. The van der Waals surface area contributed by atoms with Crippen molar-refractivity contribution in [3.63, 3.8) is 0 Å². The highest BCUT2D eigenvalue weighted by Gasteiger charge is 2.16. The van der Waals surface area contributed by atoms with Crippen molar-refractivity contribution < 1.29 is 4.79 Å². The SMILES string of the molecule is C.CC(C#N)C=O.CC(C)(C)CN.Cc1cnn(C(C)(C)C)c1N. The Bertz CT molecular complexity index is 501. The standard InChI is InChI=1S/C8H15N3.C5H13N.C4H5NO.CH4/c1-6-5-10-11(7(6)9)8(2,3)4;1-5(2,3)4-6;1-4(2-5)3-6;/h5H,9H2,1-4H3;4,6H2,1-3H3;3-4H,1H3;1H4. The van der Waals surface area contributed by atoms with Crippen molar-refractivity contribution in [3.8, 4) is 6.07 Å². The van der Waals surface area contributed by atoms with Gasteiger partial charge in [0, 0.05) is 5.56 Å². The molecule has 0 spiro atoms. The third-order valence-electron chi connectivity index (χ3n) is 2.65. The zero-order valence-electron chi connectivity index (χ0n) is 15.8. The van der Waals surface area contributed by atoms with E-state index in [-0.39, 0.29) is 13.0 Å². The van der Waals surface area contributed by atoms with E-state index in [1.807, 2.05) is 11.6 Å². The quantitative estimate of drug-likeness (QED) is 0.761. The van der Waals surface area contributed by atoms with Crippen molar-refractivity contribution >= 4 is 12.1 Å². The average molecular weight is 340 g/mol. The Kier molecular flexibility index (Phi) is 13.1. The first-order valence-electron chi connectivity index (χ1n) is 7.65. The Labute approximate surface area is 148 Å². The molecule has 6 nitrogen and oxygen atoms in total. The number of anilines is 1. The minimum Gasteiger partial charge on any atom is -0.384 e. The fourth-order valence-corrected chi connectivity index (χ4v) is 1.00. The normalized spacial score (nSPS) is 11.5. The van der Waals surface area contributed by atoms with Gasteiger partial charge in [-0.15, -0.1) is 0 Å². The van der Waals surface area contributed by atoms with Crippen LogP contribution in [0.5, 0.6) is 0 Å². The Morgan fingerprint density at radius 2 is 1.75 bits per heavy atom. The van der Waals surface area contributed by atoms with E-state index in [1.54, 1.807) is 19.2 Å². The number of hydrogen-bond acceptors (Lipinski definition) is 5. The maximum Gasteiger partial charge on any atom is 0.136 e.